The van der Waals surface area contributed by atoms with Crippen LogP contribution in [0.1, 0.15) is 34.5 Å². The molecule has 24 heavy (non-hydrogen) atoms. The summed E-state index contributed by atoms with van der Waals surface area (Å²) in [5.41, 5.74) is 0.530. The molecule has 0 spiro atoms. The summed E-state index contributed by atoms with van der Waals surface area (Å²) in [6.07, 6.45) is 2.79. The molecule has 7 nitrogen and oxygen atoms in total. The van der Waals surface area contributed by atoms with E-state index in [1.54, 1.807) is 12.3 Å². The monoisotopic (exact) mass is 377 g/mol. The highest BCUT2D eigenvalue weighted by Crippen LogP contribution is 2.27. The summed E-state index contributed by atoms with van der Waals surface area (Å²) in [7, 11) is -2.53. The molecule has 1 atom stereocenters. The first-order valence-electron chi connectivity index (χ1n) is 7.81. The quantitative estimate of drug-likeness (QED) is 0.520. The molecular weight excluding hydrogens is 354 g/mol. The number of aryl methyl sites for hydroxylation is 1. The molecule has 2 rings (SSSR count). The number of carbonyl (C=O) groups excluding carboxylic acids is 1. The molecule has 0 bridgehead atoms. The Bertz CT molecular complexity index is 649. The van der Waals surface area contributed by atoms with E-state index in [1.165, 1.54) is 7.11 Å². The van der Waals surface area contributed by atoms with Gasteiger partial charge in [-0.15, -0.1) is 11.3 Å². The van der Waals surface area contributed by atoms with Gasteiger partial charge in [-0.25, -0.2) is 17.9 Å². The number of ether oxygens (including phenoxy) is 3. The summed E-state index contributed by atoms with van der Waals surface area (Å²) in [4.78, 5) is 11.8. The van der Waals surface area contributed by atoms with Crippen LogP contribution >= 0.6 is 11.3 Å². The van der Waals surface area contributed by atoms with E-state index in [-0.39, 0.29) is 22.4 Å². The maximum Gasteiger partial charge on any atom is 0.349 e. The van der Waals surface area contributed by atoms with Gasteiger partial charge >= 0.3 is 5.97 Å². The van der Waals surface area contributed by atoms with Gasteiger partial charge in [0.2, 0.25) is 10.0 Å². The van der Waals surface area contributed by atoms with Crippen LogP contribution in [0.2, 0.25) is 0 Å². The largest absolute Gasteiger partial charge is 0.465 e. The molecule has 1 saturated heterocycles. The maximum atomic E-state index is 12.4. The fourth-order valence-corrected chi connectivity index (χ4v) is 5.22. The number of nitrogens with one attached hydrogen (secondary N) is 1. The van der Waals surface area contributed by atoms with Gasteiger partial charge in [-0.05, 0) is 37.1 Å². The first kappa shape index (κ1) is 19.3. The normalized spacial score (nSPS) is 18.0. The number of esters is 1. The Balaban J connectivity index is 1.81. The average molecular weight is 377 g/mol. The van der Waals surface area contributed by atoms with E-state index in [9.17, 15) is 13.2 Å². The summed E-state index contributed by atoms with van der Waals surface area (Å²) < 4.78 is 42.9. The van der Waals surface area contributed by atoms with E-state index >= 15 is 0 Å². The molecule has 1 N–H and O–H groups in total. The molecule has 0 amide bonds. The van der Waals surface area contributed by atoms with Crippen molar-refractivity contribution in [3.05, 3.63) is 15.8 Å². The van der Waals surface area contributed by atoms with Gasteiger partial charge in [0.15, 0.2) is 0 Å². The number of rotatable bonds is 9. The van der Waals surface area contributed by atoms with Crippen molar-refractivity contribution < 1.29 is 27.4 Å². The third kappa shape index (κ3) is 5.00. The van der Waals surface area contributed by atoms with Crippen LogP contribution in [0.15, 0.2) is 10.3 Å². The molecule has 0 unspecified atom stereocenters. The molecule has 1 aromatic heterocycles. The van der Waals surface area contributed by atoms with Crippen LogP contribution in [0.25, 0.3) is 0 Å². The fraction of sp³-hybridized carbons (Fsp3) is 0.667. The van der Waals surface area contributed by atoms with E-state index < -0.39 is 16.0 Å². The summed E-state index contributed by atoms with van der Waals surface area (Å²) in [6.45, 7) is 3.68. The lowest BCUT2D eigenvalue weighted by Crippen LogP contribution is -2.27. The van der Waals surface area contributed by atoms with E-state index in [2.05, 4.69) is 9.46 Å². The second kappa shape index (κ2) is 8.91. The van der Waals surface area contributed by atoms with Gasteiger partial charge in [-0.2, -0.15) is 0 Å². The summed E-state index contributed by atoms with van der Waals surface area (Å²) >= 11 is 1.06. The van der Waals surface area contributed by atoms with Gasteiger partial charge in [0.25, 0.3) is 0 Å². The van der Waals surface area contributed by atoms with Crippen LogP contribution in [0.4, 0.5) is 0 Å². The predicted molar refractivity (Wildman–Crippen MR) is 90.0 cm³/mol. The molecule has 2 heterocycles. The zero-order chi connectivity index (χ0) is 17.6. The van der Waals surface area contributed by atoms with Gasteiger partial charge in [-0.1, -0.05) is 0 Å². The van der Waals surface area contributed by atoms with Gasteiger partial charge in [0.05, 0.1) is 19.8 Å². The highest BCUT2D eigenvalue weighted by Gasteiger charge is 2.27. The zero-order valence-corrected chi connectivity index (χ0v) is 15.5. The Morgan fingerprint density at radius 3 is 2.96 bits per heavy atom. The van der Waals surface area contributed by atoms with Crippen molar-refractivity contribution in [1.29, 1.82) is 0 Å². The Hall–Kier alpha value is -1.00. The lowest BCUT2D eigenvalue weighted by Gasteiger charge is -2.11. The topological polar surface area (TPSA) is 90.9 Å². The van der Waals surface area contributed by atoms with E-state index in [4.69, 9.17) is 9.47 Å². The summed E-state index contributed by atoms with van der Waals surface area (Å²) in [6, 6.07) is 0. The van der Waals surface area contributed by atoms with Crippen molar-refractivity contribution in [3.63, 3.8) is 0 Å². The van der Waals surface area contributed by atoms with Gasteiger partial charge < -0.3 is 14.2 Å². The second-order valence-corrected chi connectivity index (χ2v) is 8.11. The SMILES string of the molecule is COC(=O)c1scc(C)c1S(=O)(=O)NCCCOC[C@H]1CCCO1. The van der Waals surface area contributed by atoms with Crippen molar-refractivity contribution in [1.82, 2.24) is 4.72 Å². The van der Waals surface area contributed by atoms with E-state index in [0.29, 0.717) is 25.2 Å². The number of carbonyl (C=O) groups is 1. The summed E-state index contributed by atoms with van der Waals surface area (Å²) in [5, 5.41) is 1.63. The van der Waals surface area contributed by atoms with Crippen molar-refractivity contribution in [2.24, 2.45) is 0 Å². The Morgan fingerprint density at radius 1 is 1.50 bits per heavy atom. The smallest absolute Gasteiger partial charge is 0.349 e. The molecule has 0 aliphatic carbocycles. The maximum absolute atomic E-state index is 12.4. The highest BCUT2D eigenvalue weighted by molar-refractivity contribution is 7.89. The van der Waals surface area contributed by atoms with Crippen LogP contribution in [0, 0.1) is 6.92 Å². The van der Waals surface area contributed by atoms with E-state index in [1.807, 2.05) is 0 Å². The molecule has 0 aromatic carbocycles. The first-order chi connectivity index (χ1) is 11.5. The minimum Gasteiger partial charge on any atom is -0.465 e. The summed E-state index contributed by atoms with van der Waals surface area (Å²) in [5.74, 6) is -0.645. The molecular formula is C15H23NO6S2. The molecule has 0 saturated carbocycles. The lowest BCUT2D eigenvalue weighted by atomic mass is 10.2. The minimum atomic E-state index is -3.76. The number of sulfonamides is 1. The molecule has 136 valence electrons. The average Bonchev–Trinajstić information content (AvgIpc) is 3.19. The Labute approximate surface area is 146 Å². The number of hydrogen-bond acceptors (Lipinski definition) is 7. The molecule has 1 fully saturated rings. The minimum absolute atomic E-state index is 0.000348. The standard InChI is InChI=1S/C15H23NO6S2/c1-11-10-23-13(15(17)20-2)14(11)24(18,19)16-6-4-7-21-9-12-5-3-8-22-12/h10,12,16H,3-9H2,1-2H3/t12-/m1/s1. The van der Waals surface area contributed by atoms with Crippen molar-refractivity contribution in [3.8, 4) is 0 Å². The van der Waals surface area contributed by atoms with Gasteiger partial charge in [0.1, 0.15) is 9.77 Å². The van der Waals surface area contributed by atoms with E-state index in [0.717, 1.165) is 30.8 Å². The zero-order valence-electron chi connectivity index (χ0n) is 13.9. The third-order valence-electron chi connectivity index (χ3n) is 3.64. The lowest BCUT2D eigenvalue weighted by molar-refractivity contribution is 0.0169. The first-order valence-corrected chi connectivity index (χ1v) is 10.2. The van der Waals surface area contributed by atoms with Crippen molar-refractivity contribution in [2.45, 2.75) is 37.2 Å². The molecule has 1 aromatic rings. The number of thiophene rings is 1. The van der Waals surface area contributed by atoms with Gasteiger partial charge in [-0.3, -0.25) is 0 Å². The van der Waals surface area contributed by atoms with Crippen LogP contribution in [0.3, 0.4) is 0 Å². The number of methoxy groups -OCH3 is 1. The Kier molecular flexibility index (Phi) is 7.17. The Morgan fingerprint density at radius 2 is 2.29 bits per heavy atom. The van der Waals surface area contributed by atoms with Crippen LogP contribution in [-0.2, 0) is 24.2 Å². The molecule has 1 aliphatic rings. The molecule has 0 radical (unpaired) electrons. The van der Waals surface area contributed by atoms with Crippen molar-refractivity contribution in [2.75, 3.05) is 33.5 Å². The van der Waals surface area contributed by atoms with Crippen LogP contribution in [0.5, 0.6) is 0 Å². The second-order valence-electron chi connectivity index (χ2n) is 5.53. The molecule has 1 aliphatic heterocycles. The fourth-order valence-electron chi connectivity index (χ4n) is 2.44. The van der Waals surface area contributed by atoms with Crippen molar-refractivity contribution >= 4 is 27.3 Å². The van der Waals surface area contributed by atoms with Gasteiger partial charge in [0, 0.05) is 19.8 Å². The highest BCUT2D eigenvalue weighted by atomic mass is 32.2. The molecule has 9 heteroatoms. The number of hydrogen-bond donors (Lipinski definition) is 1. The predicted octanol–water partition coefficient (Wildman–Crippen LogP) is 1.71. The van der Waals surface area contributed by atoms with Crippen LogP contribution < -0.4 is 4.72 Å². The third-order valence-corrected chi connectivity index (χ3v) is 6.50. The van der Waals surface area contributed by atoms with Crippen LogP contribution in [-0.4, -0.2) is 54.0 Å².